The van der Waals surface area contributed by atoms with Crippen LogP contribution in [0.4, 0.5) is 0 Å². The molecule has 0 spiro atoms. The van der Waals surface area contributed by atoms with E-state index in [1.165, 1.54) is 0 Å². The van der Waals surface area contributed by atoms with Crippen LogP contribution in [0.3, 0.4) is 0 Å². The van der Waals surface area contributed by atoms with Gasteiger partial charge in [0.15, 0.2) is 5.82 Å². The van der Waals surface area contributed by atoms with E-state index in [1.807, 2.05) is 4.90 Å². The molecule has 1 aliphatic carbocycles. The van der Waals surface area contributed by atoms with Crippen LogP contribution in [0.2, 0.25) is 0 Å². The SMILES string of the molecule is O=C(NCc1nnc2n1CCC2)[C@@H]1CC(=O)N(C2CC2)C1. The van der Waals surface area contributed by atoms with Gasteiger partial charge in [0, 0.05) is 32.0 Å². The Morgan fingerprint density at radius 2 is 2.19 bits per heavy atom. The highest BCUT2D eigenvalue weighted by atomic mass is 16.2. The number of aromatic nitrogens is 3. The molecular weight excluding hydrogens is 270 g/mol. The number of fused-ring (bicyclic) bond motifs is 1. The van der Waals surface area contributed by atoms with Crippen molar-refractivity contribution in [2.24, 2.45) is 5.92 Å². The number of rotatable bonds is 4. The van der Waals surface area contributed by atoms with Crippen LogP contribution >= 0.6 is 0 Å². The lowest BCUT2D eigenvalue weighted by Gasteiger charge is -2.15. The highest BCUT2D eigenvalue weighted by Gasteiger charge is 2.41. The molecule has 7 nitrogen and oxygen atoms in total. The molecule has 21 heavy (non-hydrogen) atoms. The zero-order valence-electron chi connectivity index (χ0n) is 11.9. The summed E-state index contributed by atoms with van der Waals surface area (Å²) in [5.74, 6) is 1.70. The summed E-state index contributed by atoms with van der Waals surface area (Å²) in [6.07, 6.45) is 4.59. The smallest absolute Gasteiger partial charge is 0.225 e. The van der Waals surface area contributed by atoms with Crippen molar-refractivity contribution in [1.29, 1.82) is 0 Å². The van der Waals surface area contributed by atoms with E-state index in [4.69, 9.17) is 0 Å². The van der Waals surface area contributed by atoms with E-state index in [1.54, 1.807) is 0 Å². The molecule has 2 fully saturated rings. The van der Waals surface area contributed by atoms with Crippen molar-refractivity contribution in [3.63, 3.8) is 0 Å². The maximum absolute atomic E-state index is 12.2. The molecular formula is C14H19N5O2. The Kier molecular flexibility index (Phi) is 2.94. The maximum Gasteiger partial charge on any atom is 0.225 e. The third-order valence-electron chi connectivity index (χ3n) is 4.62. The Bertz CT molecular complexity index is 592. The number of carbonyl (C=O) groups is 2. The van der Waals surface area contributed by atoms with Gasteiger partial charge in [-0.3, -0.25) is 9.59 Å². The van der Waals surface area contributed by atoms with Gasteiger partial charge in [0.05, 0.1) is 12.5 Å². The van der Waals surface area contributed by atoms with E-state index < -0.39 is 0 Å². The van der Waals surface area contributed by atoms with Crippen molar-refractivity contribution in [3.8, 4) is 0 Å². The van der Waals surface area contributed by atoms with E-state index in [9.17, 15) is 9.59 Å². The number of likely N-dealkylation sites (tertiary alicyclic amines) is 1. The van der Waals surface area contributed by atoms with Crippen molar-refractivity contribution >= 4 is 11.8 Å². The molecule has 1 N–H and O–H groups in total. The molecule has 112 valence electrons. The largest absolute Gasteiger partial charge is 0.348 e. The Balaban J connectivity index is 1.34. The lowest BCUT2D eigenvalue weighted by atomic mass is 10.1. The minimum Gasteiger partial charge on any atom is -0.348 e. The standard InChI is InChI=1S/C14H19N5O2/c20-13-6-9(8-19(13)10-3-4-10)14(21)15-7-12-17-16-11-2-1-5-18(11)12/h9-10H,1-8H2,(H,15,21)/t9-/m1/s1. The quantitative estimate of drug-likeness (QED) is 0.836. The van der Waals surface area contributed by atoms with Gasteiger partial charge in [-0.1, -0.05) is 0 Å². The third-order valence-corrected chi connectivity index (χ3v) is 4.62. The molecule has 0 radical (unpaired) electrons. The number of hydrogen-bond donors (Lipinski definition) is 1. The summed E-state index contributed by atoms with van der Waals surface area (Å²) in [5, 5.41) is 11.2. The van der Waals surface area contributed by atoms with E-state index in [2.05, 4.69) is 20.1 Å². The summed E-state index contributed by atoms with van der Waals surface area (Å²) >= 11 is 0. The fraction of sp³-hybridized carbons (Fsp3) is 0.714. The van der Waals surface area contributed by atoms with Gasteiger partial charge < -0.3 is 14.8 Å². The summed E-state index contributed by atoms with van der Waals surface area (Å²) in [5.41, 5.74) is 0. The van der Waals surface area contributed by atoms with Crippen LogP contribution in [0.5, 0.6) is 0 Å². The predicted octanol–water partition coefficient (Wildman–Crippen LogP) is -0.149. The summed E-state index contributed by atoms with van der Waals surface area (Å²) in [7, 11) is 0. The Morgan fingerprint density at radius 3 is 3.00 bits per heavy atom. The van der Waals surface area contributed by atoms with Crippen LogP contribution in [-0.2, 0) is 29.1 Å². The van der Waals surface area contributed by atoms with E-state index in [0.29, 0.717) is 25.6 Å². The van der Waals surface area contributed by atoms with Gasteiger partial charge in [-0.15, -0.1) is 10.2 Å². The van der Waals surface area contributed by atoms with Crippen LogP contribution in [-0.4, -0.2) is 44.1 Å². The predicted molar refractivity (Wildman–Crippen MR) is 73.0 cm³/mol. The van der Waals surface area contributed by atoms with Crippen molar-refractivity contribution < 1.29 is 9.59 Å². The summed E-state index contributed by atoms with van der Waals surface area (Å²) < 4.78 is 2.08. The summed E-state index contributed by atoms with van der Waals surface area (Å²) in [6.45, 7) is 1.91. The number of aryl methyl sites for hydroxylation is 1. The van der Waals surface area contributed by atoms with E-state index >= 15 is 0 Å². The fourth-order valence-corrected chi connectivity index (χ4v) is 3.30. The second kappa shape index (κ2) is 4.82. The number of nitrogens with zero attached hydrogens (tertiary/aromatic N) is 4. The summed E-state index contributed by atoms with van der Waals surface area (Å²) in [4.78, 5) is 26.0. The molecule has 0 aromatic carbocycles. The van der Waals surface area contributed by atoms with Crippen molar-refractivity contribution in [1.82, 2.24) is 25.0 Å². The molecule has 3 aliphatic rings. The molecule has 0 unspecified atom stereocenters. The van der Waals surface area contributed by atoms with Crippen LogP contribution in [0, 0.1) is 5.92 Å². The van der Waals surface area contributed by atoms with Crippen LogP contribution in [0.1, 0.15) is 37.3 Å². The Labute approximate surface area is 122 Å². The average Bonchev–Trinajstić information content (AvgIpc) is 2.91. The van der Waals surface area contributed by atoms with E-state index in [-0.39, 0.29) is 17.7 Å². The number of amides is 2. The zero-order valence-corrected chi connectivity index (χ0v) is 11.9. The molecule has 1 atom stereocenters. The first-order chi connectivity index (χ1) is 10.2. The minimum absolute atomic E-state index is 0.0400. The molecule has 1 aromatic rings. The topological polar surface area (TPSA) is 80.1 Å². The van der Waals surface area contributed by atoms with Gasteiger partial charge in [-0.05, 0) is 19.3 Å². The molecule has 4 rings (SSSR count). The van der Waals surface area contributed by atoms with Gasteiger partial charge in [0.25, 0.3) is 0 Å². The van der Waals surface area contributed by atoms with Crippen LogP contribution in [0.15, 0.2) is 0 Å². The van der Waals surface area contributed by atoms with Crippen molar-refractivity contribution in [2.75, 3.05) is 6.54 Å². The minimum atomic E-state index is -0.209. The normalized spacial score (nSPS) is 24.5. The molecule has 7 heteroatoms. The van der Waals surface area contributed by atoms with E-state index in [0.717, 1.165) is 43.9 Å². The first-order valence-corrected chi connectivity index (χ1v) is 7.70. The van der Waals surface area contributed by atoms with Gasteiger partial charge in [-0.2, -0.15) is 0 Å². The van der Waals surface area contributed by atoms with Crippen molar-refractivity contribution in [2.45, 2.75) is 51.2 Å². The maximum atomic E-state index is 12.2. The second-order valence-electron chi connectivity index (χ2n) is 6.18. The fourth-order valence-electron chi connectivity index (χ4n) is 3.30. The highest BCUT2D eigenvalue weighted by molar-refractivity contribution is 5.89. The molecule has 0 bridgehead atoms. The van der Waals surface area contributed by atoms with Crippen LogP contribution in [0.25, 0.3) is 0 Å². The van der Waals surface area contributed by atoms with Gasteiger partial charge in [-0.25, -0.2) is 0 Å². The van der Waals surface area contributed by atoms with Crippen LogP contribution < -0.4 is 5.32 Å². The molecule has 3 heterocycles. The molecule has 2 aliphatic heterocycles. The lowest BCUT2D eigenvalue weighted by Crippen LogP contribution is -2.33. The Morgan fingerprint density at radius 1 is 1.33 bits per heavy atom. The van der Waals surface area contributed by atoms with Gasteiger partial charge in [0.1, 0.15) is 5.82 Å². The third kappa shape index (κ3) is 2.30. The molecule has 1 saturated carbocycles. The summed E-state index contributed by atoms with van der Waals surface area (Å²) in [6, 6.07) is 0.398. The average molecular weight is 289 g/mol. The zero-order chi connectivity index (χ0) is 14.4. The number of hydrogen-bond acceptors (Lipinski definition) is 4. The van der Waals surface area contributed by atoms with Gasteiger partial charge >= 0.3 is 0 Å². The van der Waals surface area contributed by atoms with Gasteiger partial charge in [0.2, 0.25) is 11.8 Å². The number of carbonyl (C=O) groups excluding carboxylic acids is 2. The highest BCUT2D eigenvalue weighted by Crippen LogP contribution is 2.32. The monoisotopic (exact) mass is 289 g/mol. The first-order valence-electron chi connectivity index (χ1n) is 7.70. The van der Waals surface area contributed by atoms with Crippen molar-refractivity contribution in [3.05, 3.63) is 11.6 Å². The second-order valence-corrected chi connectivity index (χ2v) is 6.18. The molecule has 1 saturated heterocycles. The number of nitrogens with one attached hydrogen (secondary N) is 1. The molecule has 1 aromatic heterocycles. The first kappa shape index (κ1) is 12.8. The lowest BCUT2D eigenvalue weighted by molar-refractivity contribution is -0.129. The molecule has 2 amide bonds. The Hall–Kier alpha value is -1.92.